The summed E-state index contributed by atoms with van der Waals surface area (Å²) in [5.74, 6) is -0.905. The largest absolute Gasteiger partial charge is 0.478 e. The third-order valence-electron chi connectivity index (χ3n) is 3.45. The van der Waals surface area contributed by atoms with E-state index in [9.17, 15) is 4.79 Å². The third kappa shape index (κ3) is 2.67. The number of carboxylic acid groups (broad SMARTS) is 1. The Balaban J connectivity index is 2.49. The Labute approximate surface area is 119 Å². The molecule has 0 unspecified atom stereocenters. The van der Waals surface area contributed by atoms with Gasteiger partial charge in [-0.15, -0.1) is 0 Å². The fourth-order valence-electron chi connectivity index (χ4n) is 2.68. The molecule has 0 saturated heterocycles. The summed E-state index contributed by atoms with van der Waals surface area (Å²) in [6.45, 7) is 6.23. The third-order valence-corrected chi connectivity index (χ3v) is 3.45. The number of benzene rings is 2. The monoisotopic (exact) mass is 269 g/mol. The van der Waals surface area contributed by atoms with Crippen LogP contribution in [0.15, 0.2) is 36.4 Å². The average Bonchev–Trinajstić information content (AvgIpc) is 2.37. The summed E-state index contributed by atoms with van der Waals surface area (Å²) in [6, 6.07) is 11.3. The first-order chi connectivity index (χ1) is 9.40. The molecule has 0 radical (unpaired) electrons. The number of carboxylic acids is 1. The quantitative estimate of drug-likeness (QED) is 0.912. The lowest BCUT2D eigenvalue weighted by Gasteiger charge is -2.24. The van der Waals surface area contributed by atoms with Gasteiger partial charge in [-0.2, -0.15) is 0 Å². The number of anilines is 2. The maximum Gasteiger partial charge on any atom is 0.335 e. The van der Waals surface area contributed by atoms with Crippen molar-refractivity contribution < 1.29 is 9.90 Å². The molecule has 0 aliphatic rings. The van der Waals surface area contributed by atoms with Gasteiger partial charge in [0.05, 0.1) is 5.56 Å². The van der Waals surface area contributed by atoms with E-state index in [4.69, 9.17) is 5.11 Å². The van der Waals surface area contributed by atoms with E-state index in [0.29, 0.717) is 5.56 Å². The van der Waals surface area contributed by atoms with Gasteiger partial charge in [0.2, 0.25) is 0 Å². The van der Waals surface area contributed by atoms with E-state index in [2.05, 4.69) is 32.9 Å². The first kappa shape index (κ1) is 14.1. The van der Waals surface area contributed by atoms with E-state index in [1.807, 2.05) is 18.0 Å². The number of hydrogen-bond donors (Lipinski definition) is 1. The van der Waals surface area contributed by atoms with E-state index >= 15 is 0 Å². The second-order valence-corrected chi connectivity index (χ2v) is 5.16. The van der Waals surface area contributed by atoms with Crippen molar-refractivity contribution in [2.45, 2.75) is 20.8 Å². The van der Waals surface area contributed by atoms with E-state index < -0.39 is 5.97 Å². The molecule has 0 fully saturated rings. The lowest BCUT2D eigenvalue weighted by atomic mass is 10.0. The summed E-state index contributed by atoms with van der Waals surface area (Å²) < 4.78 is 0. The minimum Gasteiger partial charge on any atom is -0.478 e. The Morgan fingerprint density at radius 2 is 1.65 bits per heavy atom. The van der Waals surface area contributed by atoms with Crippen LogP contribution in [0.5, 0.6) is 0 Å². The summed E-state index contributed by atoms with van der Waals surface area (Å²) in [5, 5.41) is 9.09. The molecule has 0 bridgehead atoms. The fourth-order valence-corrected chi connectivity index (χ4v) is 2.68. The van der Waals surface area contributed by atoms with Gasteiger partial charge in [-0.05, 0) is 50.1 Å². The first-order valence-electron chi connectivity index (χ1n) is 6.55. The molecule has 1 N–H and O–H groups in total. The number of aryl methyl sites for hydroxylation is 3. The zero-order valence-electron chi connectivity index (χ0n) is 12.3. The topological polar surface area (TPSA) is 40.5 Å². The van der Waals surface area contributed by atoms with Crippen molar-refractivity contribution in [1.82, 2.24) is 0 Å². The molecule has 0 aliphatic heterocycles. The van der Waals surface area contributed by atoms with Crippen LogP contribution in [-0.4, -0.2) is 18.1 Å². The van der Waals surface area contributed by atoms with Gasteiger partial charge < -0.3 is 10.0 Å². The smallest absolute Gasteiger partial charge is 0.335 e. The number of aromatic carboxylic acids is 1. The van der Waals surface area contributed by atoms with E-state index in [-0.39, 0.29) is 0 Å². The number of nitrogens with zero attached hydrogens (tertiary/aromatic N) is 1. The van der Waals surface area contributed by atoms with Crippen LogP contribution in [0.1, 0.15) is 27.0 Å². The molecule has 3 nitrogen and oxygen atoms in total. The van der Waals surface area contributed by atoms with E-state index in [1.54, 1.807) is 18.2 Å². The van der Waals surface area contributed by atoms with Gasteiger partial charge in [-0.3, -0.25) is 0 Å². The van der Waals surface area contributed by atoms with Crippen molar-refractivity contribution in [1.29, 1.82) is 0 Å². The minimum absolute atomic E-state index is 0.303. The number of carbonyl (C=O) groups is 1. The molecule has 2 rings (SSSR count). The minimum atomic E-state index is -0.905. The van der Waals surface area contributed by atoms with Crippen molar-refractivity contribution in [2.75, 3.05) is 11.9 Å². The van der Waals surface area contributed by atoms with Crippen LogP contribution < -0.4 is 4.90 Å². The molecule has 0 heterocycles. The standard InChI is InChI=1S/C17H19NO2/c1-11-8-12(2)16(13(3)9-11)18(4)15-7-5-6-14(10-15)17(19)20/h5-10H,1-4H3,(H,19,20). The van der Waals surface area contributed by atoms with Crippen LogP contribution in [0, 0.1) is 20.8 Å². The Bertz CT molecular complexity index is 639. The highest BCUT2D eigenvalue weighted by atomic mass is 16.4. The molecule has 104 valence electrons. The number of rotatable bonds is 3. The number of hydrogen-bond acceptors (Lipinski definition) is 2. The van der Waals surface area contributed by atoms with Crippen LogP contribution >= 0.6 is 0 Å². The average molecular weight is 269 g/mol. The zero-order valence-corrected chi connectivity index (χ0v) is 12.3. The molecule has 0 spiro atoms. The zero-order chi connectivity index (χ0) is 14.9. The van der Waals surface area contributed by atoms with Crippen molar-refractivity contribution in [2.24, 2.45) is 0 Å². The van der Waals surface area contributed by atoms with E-state index in [1.165, 1.54) is 16.7 Å². The lowest BCUT2D eigenvalue weighted by Crippen LogP contribution is -2.13. The van der Waals surface area contributed by atoms with Crippen molar-refractivity contribution in [3.63, 3.8) is 0 Å². The highest BCUT2D eigenvalue weighted by Crippen LogP contribution is 2.31. The van der Waals surface area contributed by atoms with Crippen LogP contribution in [0.2, 0.25) is 0 Å². The van der Waals surface area contributed by atoms with Crippen molar-refractivity contribution in [3.8, 4) is 0 Å². The van der Waals surface area contributed by atoms with Crippen LogP contribution in [-0.2, 0) is 0 Å². The molecule has 0 saturated carbocycles. The Kier molecular flexibility index (Phi) is 3.79. The van der Waals surface area contributed by atoms with Gasteiger partial charge in [0.25, 0.3) is 0 Å². The second-order valence-electron chi connectivity index (χ2n) is 5.16. The predicted octanol–water partition coefficient (Wildman–Crippen LogP) is 4.08. The van der Waals surface area contributed by atoms with Gasteiger partial charge in [0.1, 0.15) is 0 Å². The van der Waals surface area contributed by atoms with E-state index in [0.717, 1.165) is 11.4 Å². The molecule has 2 aromatic carbocycles. The maximum absolute atomic E-state index is 11.1. The summed E-state index contributed by atoms with van der Waals surface area (Å²) in [6.07, 6.45) is 0. The molecule has 0 aromatic heterocycles. The Hall–Kier alpha value is -2.29. The van der Waals surface area contributed by atoms with Gasteiger partial charge in [0.15, 0.2) is 0 Å². The van der Waals surface area contributed by atoms with Gasteiger partial charge in [0, 0.05) is 18.4 Å². The molecule has 0 atom stereocenters. The van der Waals surface area contributed by atoms with Crippen molar-refractivity contribution in [3.05, 3.63) is 58.7 Å². The molecule has 3 heteroatoms. The highest BCUT2D eigenvalue weighted by molar-refractivity contribution is 5.89. The van der Waals surface area contributed by atoms with Gasteiger partial charge in [-0.1, -0.05) is 23.8 Å². The summed E-state index contributed by atoms with van der Waals surface area (Å²) in [7, 11) is 1.96. The molecule has 0 aliphatic carbocycles. The fraction of sp³-hybridized carbons (Fsp3) is 0.235. The summed E-state index contributed by atoms with van der Waals surface area (Å²) in [5.41, 5.74) is 5.91. The second kappa shape index (κ2) is 5.37. The molecule has 0 amide bonds. The Morgan fingerprint density at radius 3 is 2.20 bits per heavy atom. The highest BCUT2D eigenvalue weighted by Gasteiger charge is 2.12. The summed E-state index contributed by atoms with van der Waals surface area (Å²) in [4.78, 5) is 13.1. The maximum atomic E-state index is 11.1. The van der Waals surface area contributed by atoms with Crippen molar-refractivity contribution >= 4 is 17.3 Å². The normalized spacial score (nSPS) is 10.4. The first-order valence-corrected chi connectivity index (χ1v) is 6.55. The van der Waals surface area contributed by atoms with Crippen LogP contribution in [0.3, 0.4) is 0 Å². The van der Waals surface area contributed by atoms with Gasteiger partial charge in [-0.25, -0.2) is 4.79 Å². The predicted molar refractivity (Wildman–Crippen MR) is 82.1 cm³/mol. The Morgan fingerprint density at radius 1 is 1.05 bits per heavy atom. The molecule has 20 heavy (non-hydrogen) atoms. The lowest BCUT2D eigenvalue weighted by molar-refractivity contribution is 0.0697. The molecular weight excluding hydrogens is 250 g/mol. The molecule has 2 aromatic rings. The van der Waals surface area contributed by atoms with Gasteiger partial charge >= 0.3 is 5.97 Å². The summed E-state index contributed by atoms with van der Waals surface area (Å²) >= 11 is 0. The van der Waals surface area contributed by atoms with Crippen LogP contribution in [0.4, 0.5) is 11.4 Å². The SMILES string of the molecule is Cc1cc(C)c(N(C)c2cccc(C(=O)O)c2)c(C)c1. The molecular formula is C17H19NO2. The van der Waals surface area contributed by atoms with Crippen LogP contribution in [0.25, 0.3) is 0 Å².